The molecule has 7 nitrogen and oxygen atoms in total. The summed E-state index contributed by atoms with van der Waals surface area (Å²) < 4.78 is 33.5. The van der Waals surface area contributed by atoms with E-state index in [-0.39, 0.29) is 45.0 Å². The number of benzene rings is 3. The minimum atomic E-state index is -2.99. The topological polar surface area (TPSA) is 98.8 Å². The second-order valence-electron chi connectivity index (χ2n) is 6.96. The van der Waals surface area contributed by atoms with Crippen LogP contribution in [0.15, 0.2) is 66.7 Å². The SMILES string of the molecule is O=C(COC(=O)c1ccc(OC(F)F)cc1)Nc1cccc2c1C(=O)c1ccccc1C2=O. The average molecular weight is 451 g/mol. The van der Waals surface area contributed by atoms with E-state index in [0.717, 1.165) is 0 Å². The molecule has 1 amide bonds. The predicted octanol–water partition coefficient (Wildman–Crippen LogP) is 3.86. The molecule has 1 aliphatic rings. The fraction of sp³-hybridized carbons (Fsp3) is 0.0833. The van der Waals surface area contributed by atoms with E-state index in [0.29, 0.717) is 0 Å². The number of alkyl halides is 2. The van der Waals surface area contributed by atoms with Crippen LogP contribution in [-0.4, -0.2) is 36.7 Å². The third kappa shape index (κ3) is 4.47. The van der Waals surface area contributed by atoms with Crippen LogP contribution < -0.4 is 10.1 Å². The molecule has 0 atom stereocenters. The van der Waals surface area contributed by atoms with Gasteiger partial charge < -0.3 is 14.8 Å². The minimum absolute atomic E-state index is 0.0267. The summed E-state index contributed by atoms with van der Waals surface area (Å²) in [6.07, 6.45) is 0. The summed E-state index contributed by atoms with van der Waals surface area (Å²) in [4.78, 5) is 50.2. The van der Waals surface area contributed by atoms with Gasteiger partial charge in [0.05, 0.1) is 16.8 Å². The molecule has 166 valence electrons. The van der Waals surface area contributed by atoms with Gasteiger partial charge in [0, 0.05) is 16.7 Å². The van der Waals surface area contributed by atoms with Crippen molar-refractivity contribution in [1.82, 2.24) is 0 Å². The first-order valence-corrected chi connectivity index (χ1v) is 9.68. The van der Waals surface area contributed by atoms with Crippen molar-refractivity contribution in [3.63, 3.8) is 0 Å². The Hall–Kier alpha value is -4.40. The van der Waals surface area contributed by atoms with Crippen molar-refractivity contribution in [2.75, 3.05) is 11.9 Å². The Morgan fingerprint density at radius 3 is 2.12 bits per heavy atom. The molecular weight excluding hydrogens is 436 g/mol. The van der Waals surface area contributed by atoms with Crippen LogP contribution in [0.25, 0.3) is 0 Å². The molecule has 1 aliphatic carbocycles. The van der Waals surface area contributed by atoms with Gasteiger partial charge in [-0.2, -0.15) is 8.78 Å². The Labute approximate surface area is 185 Å². The number of ketones is 2. The summed E-state index contributed by atoms with van der Waals surface area (Å²) in [5.41, 5.74) is 0.906. The number of esters is 1. The largest absolute Gasteiger partial charge is 0.452 e. The van der Waals surface area contributed by atoms with Crippen molar-refractivity contribution in [3.8, 4) is 5.75 Å². The lowest BCUT2D eigenvalue weighted by atomic mass is 9.83. The number of carbonyl (C=O) groups excluding carboxylic acids is 4. The summed E-state index contributed by atoms with van der Waals surface area (Å²) in [5.74, 6) is -2.45. The number of nitrogens with one attached hydrogen (secondary N) is 1. The first-order valence-electron chi connectivity index (χ1n) is 9.68. The lowest BCUT2D eigenvalue weighted by Gasteiger charge is -2.20. The number of ether oxygens (including phenoxy) is 2. The van der Waals surface area contributed by atoms with Gasteiger partial charge in [0.1, 0.15) is 5.75 Å². The Bertz CT molecular complexity index is 1270. The molecular formula is C24H15F2NO6. The summed E-state index contributed by atoms with van der Waals surface area (Å²) >= 11 is 0. The van der Waals surface area contributed by atoms with Crippen LogP contribution in [0.4, 0.5) is 14.5 Å². The van der Waals surface area contributed by atoms with Crippen molar-refractivity contribution in [2.24, 2.45) is 0 Å². The highest BCUT2D eigenvalue weighted by Gasteiger charge is 2.31. The van der Waals surface area contributed by atoms with E-state index in [4.69, 9.17) is 4.74 Å². The van der Waals surface area contributed by atoms with E-state index < -0.39 is 30.9 Å². The van der Waals surface area contributed by atoms with E-state index in [1.165, 1.54) is 48.5 Å². The van der Waals surface area contributed by atoms with Gasteiger partial charge in [-0.1, -0.05) is 36.4 Å². The number of amides is 1. The molecule has 0 heterocycles. The second-order valence-corrected chi connectivity index (χ2v) is 6.96. The highest BCUT2D eigenvalue weighted by Crippen LogP contribution is 2.31. The van der Waals surface area contributed by atoms with E-state index in [9.17, 15) is 28.0 Å². The maximum atomic E-state index is 13.0. The zero-order valence-corrected chi connectivity index (χ0v) is 16.8. The van der Waals surface area contributed by atoms with E-state index >= 15 is 0 Å². The Morgan fingerprint density at radius 2 is 1.45 bits per heavy atom. The molecule has 9 heteroatoms. The molecule has 3 aromatic rings. The number of rotatable bonds is 6. The molecule has 0 unspecified atom stereocenters. The third-order valence-corrected chi connectivity index (χ3v) is 4.88. The number of fused-ring (bicyclic) bond motifs is 2. The Balaban J connectivity index is 1.44. The smallest absolute Gasteiger partial charge is 0.387 e. The van der Waals surface area contributed by atoms with Gasteiger partial charge >= 0.3 is 12.6 Å². The van der Waals surface area contributed by atoms with E-state index in [1.54, 1.807) is 18.2 Å². The molecule has 1 N–H and O–H groups in total. The molecule has 0 saturated carbocycles. The first-order chi connectivity index (χ1) is 15.8. The van der Waals surface area contributed by atoms with Gasteiger partial charge in [-0.3, -0.25) is 14.4 Å². The zero-order valence-electron chi connectivity index (χ0n) is 16.8. The van der Waals surface area contributed by atoms with Gasteiger partial charge in [-0.25, -0.2) is 4.79 Å². The molecule has 4 rings (SSSR count). The molecule has 33 heavy (non-hydrogen) atoms. The highest BCUT2D eigenvalue weighted by atomic mass is 19.3. The zero-order chi connectivity index (χ0) is 23.5. The van der Waals surface area contributed by atoms with Crippen LogP contribution in [0.3, 0.4) is 0 Å². The van der Waals surface area contributed by atoms with Gasteiger partial charge in [-0.05, 0) is 30.3 Å². The maximum Gasteiger partial charge on any atom is 0.387 e. The second kappa shape index (κ2) is 8.99. The molecule has 0 radical (unpaired) electrons. The molecule has 0 saturated heterocycles. The molecule has 0 aromatic heterocycles. The number of halogens is 2. The predicted molar refractivity (Wildman–Crippen MR) is 112 cm³/mol. The highest BCUT2D eigenvalue weighted by molar-refractivity contribution is 6.30. The molecule has 0 spiro atoms. The summed E-state index contributed by atoms with van der Waals surface area (Å²) in [6, 6.07) is 15.7. The lowest BCUT2D eigenvalue weighted by molar-refractivity contribution is -0.119. The van der Waals surface area contributed by atoms with Crippen LogP contribution >= 0.6 is 0 Å². The van der Waals surface area contributed by atoms with Crippen LogP contribution in [0.2, 0.25) is 0 Å². The Kier molecular flexibility index (Phi) is 5.95. The van der Waals surface area contributed by atoms with Crippen molar-refractivity contribution in [3.05, 3.63) is 94.5 Å². The number of hydrogen-bond donors (Lipinski definition) is 1. The van der Waals surface area contributed by atoms with Gasteiger partial charge in [0.15, 0.2) is 18.2 Å². The quantitative estimate of drug-likeness (QED) is 0.447. The molecule has 3 aromatic carbocycles. The number of hydrogen-bond acceptors (Lipinski definition) is 6. The minimum Gasteiger partial charge on any atom is -0.452 e. The average Bonchev–Trinajstić information content (AvgIpc) is 2.81. The fourth-order valence-electron chi connectivity index (χ4n) is 3.42. The number of anilines is 1. The van der Waals surface area contributed by atoms with Crippen molar-refractivity contribution < 1.29 is 37.4 Å². The van der Waals surface area contributed by atoms with Gasteiger partial charge in [0.25, 0.3) is 5.91 Å². The number of carbonyl (C=O) groups is 4. The maximum absolute atomic E-state index is 13.0. The van der Waals surface area contributed by atoms with E-state index in [2.05, 4.69) is 10.1 Å². The fourth-order valence-corrected chi connectivity index (χ4v) is 3.42. The normalized spacial score (nSPS) is 12.1. The molecule has 0 bridgehead atoms. The van der Waals surface area contributed by atoms with Gasteiger partial charge in [0.2, 0.25) is 0 Å². The summed E-state index contributed by atoms with van der Waals surface area (Å²) in [6.45, 7) is -3.66. The van der Waals surface area contributed by atoms with Crippen molar-refractivity contribution in [1.29, 1.82) is 0 Å². The van der Waals surface area contributed by atoms with E-state index in [1.807, 2.05) is 0 Å². The van der Waals surface area contributed by atoms with Crippen molar-refractivity contribution in [2.45, 2.75) is 6.61 Å². The third-order valence-electron chi connectivity index (χ3n) is 4.88. The molecule has 0 fully saturated rings. The summed E-state index contributed by atoms with van der Waals surface area (Å²) in [5, 5.41) is 2.50. The Morgan fingerprint density at radius 1 is 0.818 bits per heavy atom. The van der Waals surface area contributed by atoms with Crippen LogP contribution in [0.1, 0.15) is 42.2 Å². The standard InChI is InChI=1S/C24H15F2NO6/c25-24(26)33-14-10-8-13(9-11-14)23(31)32-12-19(28)27-18-7-3-6-17-20(18)22(30)16-5-2-1-4-15(16)21(17)29/h1-11,24H,12H2,(H,27,28). The summed E-state index contributed by atoms with van der Waals surface area (Å²) in [7, 11) is 0. The monoisotopic (exact) mass is 451 g/mol. The van der Waals surface area contributed by atoms with Crippen LogP contribution in [0, 0.1) is 0 Å². The molecule has 0 aliphatic heterocycles. The van der Waals surface area contributed by atoms with Gasteiger partial charge in [-0.15, -0.1) is 0 Å². The first kappa shape index (κ1) is 21.8. The lowest BCUT2D eigenvalue weighted by Crippen LogP contribution is -2.26. The van der Waals surface area contributed by atoms with Crippen molar-refractivity contribution >= 4 is 29.1 Å². The van der Waals surface area contributed by atoms with Crippen LogP contribution in [0.5, 0.6) is 5.75 Å². The van der Waals surface area contributed by atoms with Crippen LogP contribution in [-0.2, 0) is 9.53 Å².